The summed E-state index contributed by atoms with van der Waals surface area (Å²) in [7, 11) is 0. The van der Waals surface area contributed by atoms with Crippen molar-refractivity contribution in [3.05, 3.63) is 63.0 Å². The molecule has 0 bridgehead atoms. The van der Waals surface area contributed by atoms with Gasteiger partial charge in [0.2, 0.25) is 0 Å². The van der Waals surface area contributed by atoms with Crippen molar-refractivity contribution in [2.24, 2.45) is 0 Å². The van der Waals surface area contributed by atoms with Crippen LogP contribution in [0, 0.1) is 0 Å². The minimum absolute atomic E-state index is 0.0494. The Morgan fingerprint density at radius 1 is 1.19 bits per heavy atom. The van der Waals surface area contributed by atoms with Crippen LogP contribution in [0.25, 0.3) is 11.0 Å². The Balaban J connectivity index is 1.50. The van der Waals surface area contributed by atoms with Crippen molar-refractivity contribution < 1.29 is 19.0 Å². The molecule has 138 valence electrons. The molecule has 0 atom stereocenters. The van der Waals surface area contributed by atoms with Gasteiger partial charge in [-0.15, -0.1) is 0 Å². The summed E-state index contributed by atoms with van der Waals surface area (Å²) in [6.07, 6.45) is 1.20. The highest BCUT2D eigenvalue weighted by atomic mass is 79.9. The molecule has 27 heavy (non-hydrogen) atoms. The normalized spacial score (nSPS) is 12.8. The minimum Gasteiger partial charge on any atom is -0.486 e. The monoisotopic (exact) mass is 430 g/mol. The van der Waals surface area contributed by atoms with Gasteiger partial charge in [0.25, 0.3) is 5.56 Å². The van der Waals surface area contributed by atoms with Crippen molar-refractivity contribution in [1.82, 2.24) is 9.55 Å². The predicted molar refractivity (Wildman–Crippen MR) is 101 cm³/mol. The molecule has 3 aromatic rings. The number of hydrogen-bond donors (Lipinski definition) is 0. The van der Waals surface area contributed by atoms with Crippen molar-refractivity contribution >= 4 is 32.9 Å². The molecule has 7 nitrogen and oxygen atoms in total. The zero-order valence-corrected chi connectivity index (χ0v) is 15.8. The number of fused-ring (bicyclic) bond motifs is 2. The fourth-order valence-electron chi connectivity index (χ4n) is 2.83. The van der Waals surface area contributed by atoms with Crippen LogP contribution in [0.1, 0.15) is 5.56 Å². The molecule has 1 aromatic heterocycles. The molecule has 0 amide bonds. The third kappa shape index (κ3) is 3.66. The van der Waals surface area contributed by atoms with Crippen LogP contribution in [-0.4, -0.2) is 28.7 Å². The zero-order valence-electron chi connectivity index (χ0n) is 14.2. The van der Waals surface area contributed by atoms with Gasteiger partial charge in [0.05, 0.1) is 17.2 Å². The van der Waals surface area contributed by atoms with E-state index in [-0.39, 0.29) is 18.7 Å². The lowest BCUT2D eigenvalue weighted by Crippen LogP contribution is -2.25. The van der Waals surface area contributed by atoms with Crippen molar-refractivity contribution in [1.29, 1.82) is 0 Å². The number of esters is 1. The van der Waals surface area contributed by atoms with Gasteiger partial charge in [-0.3, -0.25) is 14.2 Å². The van der Waals surface area contributed by atoms with Crippen LogP contribution in [0.5, 0.6) is 11.5 Å². The lowest BCUT2D eigenvalue weighted by molar-refractivity contribution is -0.145. The van der Waals surface area contributed by atoms with Crippen molar-refractivity contribution in [3.63, 3.8) is 0 Å². The standard InChI is InChI=1S/C19H15BrN2O5/c20-13-8-17-16(25-5-6-26-17)7-12(13)11-27-19(24)10-22-15-4-2-1-3-14(15)21-9-18(22)23/h1-4,7-9H,5-6,10-11H2. The summed E-state index contributed by atoms with van der Waals surface area (Å²) in [5.74, 6) is 0.750. The number of halogens is 1. The van der Waals surface area contributed by atoms with E-state index in [4.69, 9.17) is 14.2 Å². The Morgan fingerprint density at radius 3 is 2.74 bits per heavy atom. The van der Waals surface area contributed by atoms with Crippen LogP contribution in [0.4, 0.5) is 0 Å². The third-order valence-corrected chi connectivity index (χ3v) is 4.88. The van der Waals surface area contributed by atoms with Crippen LogP contribution in [0.2, 0.25) is 0 Å². The van der Waals surface area contributed by atoms with Crippen molar-refractivity contribution in [2.45, 2.75) is 13.2 Å². The van der Waals surface area contributed by atoms with Gasteiger partial charge in [-0.05, 0) is 24.3 Å². The smallest absolute Gasteiger partial charge is 0.326 e. The van der Waals surface area contributed by atoms with Gasteiger partial charge in [-0.1, -0.05) is 28.1 Å². The molecule has 1 aliphatic rings. The van der Waals surface area contributed by atoms with E-state index in [9.17, 15) is 9.59 Å². The molecular formula is C19H15BrN2O5. The molecule has 0 unspecified atom stereocenters. The van der Waals surface area contributed by atoms with Gasteiger partial charge in [-0.2, -0.15) is 0 Å². The Bertz CT molecular complexity index is 1080. The minimum atomic E-state index is -0.518. The average Bonchev–Trinajstić information content (AvgIpc) is 2.68. The molecular weight excluding hydrogens is 416 g/mol. The van der Waals surface area contributed by atoms with Gasteiger partial charge >= 0.3 is 5.97 Å². The Kier molecular flexibility index (Phi) is 4.81. The fraction of sp³-hybridized carbons (Fsp3) is 0.211. The topological polar surface area (TPSA) is 79.7 Å². The Labute approximate surface area is 162 Å². The van der Waals surface area contributed by atoms with Crippen LogP contribution < -0.4 is 15.0 Å². The SMILES string of the molecule is O=C(Cn1c(=O)cnc2ccccc21)OCc1cc2c(cc1Br)OCCO2. The molecule has 0 fully saturated rings. The molecule has 0 aliphatic carbocycles. The molecule has 8 heteroatoms. The lowest BCUT2D eigenvalue weighted by atomic mass is 10.2. The van der Waals surface area contributed by atoms with E-state index in [2.05, 4.69) is 20.9 Å². The largest absolute Gasteiger partial charge is 0.486 e. The van der Waals surface area contributed by atoms with E-state index in [0.29, 0.717) is 35.7 Å². The molecule has 2 aromatic carbocycles. The van der Waals surface area contributed by atoms with Gasteiger partial charge in [0.15, 0.2) is 11.5 Å². The van der Waals surface area contributed by atoms with Gasteiger partial charge in [-0.25, -0.2) is 4.98 Å². The summed E-state index contributed by atoms with van der Waals surface area (Å²) in [5, 5.41) is 0. The Hall–Kier alpha value is -2.87. The number of benzene rings is 2. The van der Waals surface area contributed by atoms with Crippen LogP contribution >= 0.6 is 15.9 Å². The summed E-state index contributed by atoms with van der Waals surface area (Å²) in [6.45, 7) is 0.839. The maximum atomic E-state index is 12.3. The first kappa shape index (κ1) is 17.5. The zero-order chi connectivity index (χ0) is 18.8. The maximum absolute atomic E-state index is 12.3. The molecule has 0 saturated carbocycles. The maximum Gasteiger partial charge on any atom is 0.326 e. The van der Waals surface area contributed by atoms with Crippen molar-refractivity contribution in [3.8, 4) is 11.5 Å². The molecule has 2 heterocycles. The number of ether oxygens (including phenoxy) is 3. The summed E-state index contributed by atoms with van der Waals surface area (Å²) < 4.78 is 18.5. The van der Waals surface area contributed by atoms with Crippen LogP contribution in [0.3, 0.4) is 0 Å². The molecule has 4 rings (SSSR count). The summed E-state index contributed by atoms with van der Waals surface area (Å²) in [4.78, 5) is 28.5. The highest BCUT2D eigenvalue weighted by Gasteiger charge is 2.16. The predicted octanol–water partition coefficient (Wildman–Crippen LogP) is 2.67. The van der Waals surface area contributed by atoms with E-state index < -0.39 is 5.97 Å². The van der Waals surface area contributed by atoms with Gasteiger partial charge in [0, 0.05) is 10.0 Å². The number of carbonyl (C=O) groups is 1. The average molecular weight is 431 g/mol. The molecule has 1 aliphatic heterocycles. The Morgan fingerprint density at radius 2 is 1.93 bits per heavy atom. The molecule has 0 spiro atoms. The van der Waals surface area contributed by atoms with E-state index in [1.807, 2.05) is 6.07 Å². The number of aromatic nitrogens is 2. The summed E-state index contributed by atoms with van der Waals surface area (Å²) in [6, 6.07) is 10.7. The molecule has 0 radical (unpaired) electrons. The second-order valence-corrected chi connectivity index (χ2v) is 6.77. The van der Waals surface area contributed by atoms with Gasteiger partial charge in [0.1, 0.15) is 26.4 Å². The summed E-state index contributed by atoms with van der Waals surface area (Å²) in [5.41, 5.74) is 1.62. The quantitative estimate of drug-likeness (QED) is 0.592. The highest BCUT2D eigenvalue weighted by Crippen LogP contribution is 2.35. The first-order chi connectivity index (χ1) is 13.1. The van der Waals surface area contributed by atoms with E-state index in [0.717, 1.165) is 10.0 Å². The van der Waals surface area contributed by atoms with E-state index >= 15 is 0 Å². The first-order valence-corrected chi connectivity index (χ1v) is 9.09. The second kappa shape index (κ2) is 7.40. The number of carbonyl (C=O) groups excluding carboxylic acids is 1. The lowest BCUT2D eigenvalue weighted by Gasteiger charge is -2.20. The number of hydrogen-bond acceptors (Lipinski definition) is 6. The molecule has 0 saturated heterocycles. The number of para-hydroxylation sites is 2. The summed E-state index contributed by atoms with van der Waals surface area (Å²) >= 11 is 3.45. The number of rotatable bonds is 4. The van der Waals surface area contributed by atoms with Crippen LogP contribution in [0.15, 0.2) is 51.9 Å². The fourth-order valence-corrected chi connectivity index (χ4v) is 3.26. The number of nitrogens with zero attached hydrogens (tertiary/aromatic N) is 2. The molecule has 0 N–H and O–H groups in total. The first-order valence-electron chi connectivity index (χ1n) is 8.30. The second-order valence-electron chi connectivity index (χ2n) is 5.92. The highest BCUT2D eigenvalue weighted by molar-refractivity contribution is 9.10. The van der Waals surface area contributed by atoms with Gasteiger partial charge < -0.3 is 14.2 Å². The van der Waals surface area contributed by atoms with Crippen molar-refractivity contribution in [2.75, 3.05) is 13.2 Å². The van der Waals surface area contributed by atoms with Crippen LogP contribution in [-0.2, 0) is 22.7 Å². The van der Waals surface area contributed by atoms with E-state index in [1.165, 1.54) is 10.8 Å². The van der Waals surface area contributed by atoms with E-state index in [1.54, 1.807) is 30.3 Å². The third-order valence-electron chi connectivity index (χ3n) is 4.14.